The maximum absolute atomic E-state index is 12.3. The third-order valence-electron chi connectivity index (χ3n) is 6.21. The second kappa shape index (κ2) is 8.90. The molecule has 1 saturated heterocycles. The minimum Gasteiger partial charge on any atom is -0.328 e. The Morgan fingerprint density at radius 3 is 2.57 bits per heavy atom. The van der Waals surface area contributed by atoms with E-state index < -0.39 is 0 Å². The summed E-state index contributed by atoms with van der Waals surface area (Å²) in [5.74, 6) is 1.30. The van der Waals surface area contributed by atoms with Crippen LogP contribution < -0.4 is 0 Å². The molecule has 0 radical (unpaired) electrons. The van der Waals surface area contributed by atoms with Crippen LogP contribution in [-0.4, -0.2) is 63.1 Å². The first-order valence-electron chi connectivity index (χ1n) is 10.4. The highest BCUT2D eigenvalue weighted by Gasteiger charge is 2.30. The maximum atomic E-state index is 12.3. The number of carbonyl (C=O) groups excluding carboxylic acids is 1. The molecule has 0 saturated carbocycles. The van der Waals surface area contributed by atoms with Crippen molar-refractivity contribution in [1.29, 1.82) is 0 Å². The van der Waals surface area contributed by atoms with Gasteiger partial charge in [-0.3, -0.25) is 9.78 Å². The second-order valence-corrected chi connectivity index (χ2v) is 8.85. The van der Waals surface area contributed by atoms with E-state index >= 15 is 0 Å². The van der Waals surface area contributed by atoms with Gasteiger partial charge in [-0.25, -0.2) is 5.10 Å². The molecular weight excluding hydrogens is 352 g/mol. The number of quaternary nitrogens is 1. The fraction of sp³-hybridized carbons (Fsp3) is 0.667. The van der Waals surface area contributed by atoms with Crippen LogP contribution in [0.5, 0.6) is 0 Å². The fourth-order valence-electron chi connectivity index (χ4n) is 4.37. The molecule has 2 aromatic heterocycles. The van der Waals surface area contributed by atoms with Crippen LogP contribution in [-0.2, 0) is 11.2 Å². The minimum absolute atomic E-state index is 0.0483. The van der Waals surface area contributed by atoms with E-state index in [1.807, 2.05) is 6.20 Å². The van der Waals surface area contributed by atoms with Crippen LogP contribution in [0.4, 0.5) is 0 Å². The number of aromatic amines is 1. The van der Waals surface area contributed by atoms with Crippen molar-refractivity contribution < 1.29 is 9.28 Å². The SMILES string of the molecule is CCC[C@H](C(C)=O)[C@H](Cc1ccc(C2CC[N+](C)(C)CC2)nc1)c1nnn[nH]1. The van der Waals surface area contributed by atoms with E-state index in [0.29, 0.717) is 18.2 Å². The number of tetrazole rings is 1. The lowest BCUT2D eigenvalue weighted by molar-refractivity contribution is -0.895. The zero-order valence-electron chi connectivity index (χ0n) is 17.6. The number of Topliss-reactive ketones (excluding diaryl/α,β-unsaturated/α-hetero) is 1. The van der Waals surface area contributed by atoms with Crippen molar-refractivity contribution in [2.24, 2.45) is 5.92 Å². The van der Waals surface area contributed by atoms with Gasteiger partial charge in [0.05, 0.1) is 27.2 Å². The van der Waals surface area contributed by atoms with Crippen LogP contribution in [0.25, 0.3) is 0 Å². The summed E-state index contributed by atoms with van der Waals surface area (Å²) in [4.78, 5) is 17.1. The molecule has 1 aliphatic rings. The molecular formula is C21H33N6O+. The summed E-state index contributed by atoms with van der Waals surface area (Å²) in [6.45, 7) is 6.17. The number of carbonyl (C=O) groups is 1. The number of hydrogen-bond acceptors (Lipinski definition) is 5. The van der Waals surface area contributed by atoms with Crippen molar-refractivity contribution >= 4 is 5.78 Å². The Bertz CT molecular complexity index is 746. The third kappa shape index (κ3) is 5.01. The Balaban J connectivity index is 1.73. The molecule has 152 valence electrons. The first-order valence-corrected chi connectivity index (χ1v) is 10.4. The van der Waals surface area contributed by atoms with Gasteiger partial charge in [-0.05, 0) is 41.8 Å². The lowest BCUT2D eigenvalue weighted by Gasteiger charge is -2.37. The van der Waals surface area contributed by atoms with Crippen molar-refractivity contribution in [2.45, 2.75) is 57.8 Å². The number of nitrogens with one attached hydrogen (secondary N) is 1. The molecule has 2 aromatic rings. The third-order valence-corrected chi connectivity index (χ3v) is 6.21. The van der Waals surface area contributed by atoms with Crippen LogP contribution in [0.15, 0.2) is 18.3 Å². The Labute approximate surface area is 167 Å². The van der Waals surface area contributed by atoms with Gasteiger partial charge in [-0.2, -0.15) is 0 Å². The summed E-state index contributed by atoms with van der Waals surface area (Å²) in [7, 11) is 4.60. The number of aromatic nitrogens is 5. The summed E-state index contributed by atoms with van der Waals surface area (Å²) in [6.07, 6.45) is 6.86. The molecule has 7 nitrogen and oxygen atoms in total. The molecule has 1 aliphatic heterocycles. The highest BCUT2D eigenvalue weighted by Crippen LogP contribution is 2.32. The average molecular weight is 386 g/mol. The van der Waals surface area contributed by atoms with Gasteiger partial charge >= 0.3 is 0 Å². The summed E-state index contributed by atoms with van der Waals surface area (Å²) in [5, 5.41) is 14.4. The Morgan fingerprint density at radius 2 is 2.04 bits per heavy atom. The van der Waals surface area contributed by atoms with Crippen LogP contribution in [0.3, 0.4) is 0 Å². The average Bonchev–Trinajstić information content (AvgIpc) is 3.19. The van der Waals surface area contributed by atoms with E-state index in [4.69, 9.17) is 4.98 Å². The molecule has 3 heterocycles. The van der Waals surface area contributed by atoms with E-state index in [-0.39, 0.29) is 17.6 Å². The van der Waals surface area contributed by atoms with Gasteiger partial charge in [0, 0.05) is 42.5 Å². The first-order chi connectivity index (χ1) is 13.4. The molecule has 2 atom stereocenters. The quantitative estimate of drug-likeness (QED) is 0.706. The van der Waals surface area contributed by atoms with Gasteiger partial charge in [0.2, 0.25) is 0 Å². The fourth-order valence-corrected chi connectivity index (χ4v) is 4.37. The second-order valence-electron chi connectivity index (χ2n) is 8.85. The topological polar surface area (TPSA) is 84.4 Å². The normalized spacial score (nSPS) is 19.3. The van der Waals surface area contributed by atoms with E-state index in [1.54, 1.807) is 6.92 Å². The molecule has 28 heavy (non-hydrogen) atoms. The van der Waals surface area contributed by atoms with E-state index in [2.05, 4.69) is 53.8 Å². The van der Waals surface area contributed by atoms with Crippen molar-refractivity contribution in [2.75, 3.05) is 27.2 Å². The van der Waals surface area contributed by atoms with Crippen molar-refractivity contribution in [3.05, 3.63) is 35.4 Å². The van der Waals surface area contributed by atoms with Gasteiger partial charge in [0.15, 0.2) is 5.82 Å². The van der Waals surface area contributed by atoms with Crippen LogP contribution in [0, 0.1) is 5.92 Å². The number of rotatable bonds is 8. The summed E-state index contributed by atoms with van der Waals surface area (Å²) in [5.41, 5.74) is 2.32. The minimum atomic E-state index is -0.0854. The molecule has 0 aromatic carbocycles. The Kier molecular flexibility index (Phi) is 6.54. The molecule has 3 rings (SSSR count). The van der Waals surface area contributed by atoms with Crippen molar-refractivity contribution in [3.63, 3.8) is 0 Å². The van der Waals surface area contributed by atoms with Gasteiger partial charge < -0.3 is 4.48 Å². The summed E-state index contributed by atoms with van der Waals surface area (Å²) >= 11 is 0. The van der Waals surface area contributed by atoms with Gasteiger partial charge in [-0.15, -0.1) is 5.10 Å². The summed E-state index contributed by atoms with van der Waals surface area (Å²) in [6, 6.07) is 4.33. The Morgan fingerprint density at radius 1 is 1.29 bits per heavy atom. The molecule has 0 unspecified atom stereocenters. The number of pyridine rings is 1. The number of ketones is 1. The smallest absolute Gasteiger partial charge is 0.152 e. The lowest BCUT2D eigenvalue weighted by atomic mass is 9.81. The zero-order valence-corrected chi connectivity index (χ0v) is 17.6. The number of piperidine rings is 1. The maximum Gasteiger partial charge on any atom is 0.152 e. The monoisotopic (exact) mass is 385 g/mol. The molecule has 0 amide bonds. The molecule has 7 heteroatoms. The van der Waals surface area contributed by atoms with Crippen LogP contribution >= 0.6 is 0 Å². The van der Waals surface area contributed by atoms with E-state index in [0.717, 1.165) is 22.9 Å². The largest absolute Gasteiger partial charge is 0.328 e. The van der Waals surface area contributed by atoms with E-state index in [9.17, 15) is 4.79 Å². The number of hydrogen-bond donors (Lipinski definition) is 1. The molecule has 0 aliphatic carbocycles. The van der Waals surface area contributed by atoms with Gasteiger partial charge in [0.25, 0.3) is 0 Å². The van der Waals surface area contributed by atoms with Crippen LogP contribution in [0.1, 0.15) is 68.4 Å². The van der Waals surface area contributed by atoms with Gasteiger partial charge in [0.1, 0.15) is 5.78 Å². The van der Waals surface area contributed by atoms with Crippen molar-refractivity contribution in [1.82, 2.24) is 25.6 Å². The van der Waals surface area contributed by atoms with Crippen LogP contribution in [0.2, 0.25) is 0 Å². The highest BCUT2D eigenvalue weighted by molar-refractivity contribution is 5.79. The predicted molar refractivity (Wildman–Crippen MR) is 108 cm³/mol. The van der Waals surface area contributed by atoms with E-state index in [1.165, 1.54) is 31.6 Å². The number of nitrogens with zero attached hydrogens (tertiary/aromatic N) is 5. The van der Waals surface area contributed by atoms with Gasteiger partial charge in [-0.1, -0.05) is 19.4 Å². The number of likely N-dealkylation sites (tertiary alicyclic amines) is 1. The molecule has 0 spiro atoms. The molecule has 1 fully saturated rings. The highest BCUT2D eigenvalue weighted by atomic mass is 16.1. The lowest BCUT2D eigenvalue weighted by Crippen LogP contribution is -2.45. The molecule has 1 N–H and O–H groups in total. The summed E-state index contributed by atoms with van der Waals surface area (Å²) < 4.78 is 1.10. The first kappa shape index (κ1) is 20.6. The predicted octanol–water partition coefficient (Wildman–Crippen LogP) is 2.88. The van der Waals surface area contributed by atoms with Crippen molar-refractivity contribution in [3.8, 4) is 0 Å². The zero-order chi connectivity index (χ0) is 20.1. The Hall–Kier alpha value is -2.15. The molecule has 0 bridgehead atoms. The number of H-pyrrole nitrogens is 1. The standard InChI is InChI=1S/C21H33N6O/c1-5-6-18(15(2)28)19(21-23-25-26-24-21)13-16-7-8-20(22-14-16)17-9-11-27(3,4)12-10-17/h7-8,14,17-19H,5-6,9-13H2,1-4H3,(H,23,24,25,26)/q+1/t18-,19+/m1/s1.